The molecule has 2 rings (SSSR count). The fourth-order valence-corrected chi connectivity index (χ4v) is 1.94. The zero-order chi connectivity index (χ0) is 14.7. The molecule has 104 valence electrons. The Morgan fingerprint density at radius 1 is 1.20 bits per heavy atom. The van der Waals surface area contributed by atoms with Crippen LogP contribution in [-0.2, 0) is 6.61 Å². The average Bonchev–Trinajstić information content (AvgIpc) is 2.41. The Kier molecular flexibility index (Phi) is 4.32. The van der Waals surface area contributed by atoms with E-state index in [0.717, 1.165) is 0 Å². The van der Waals surface area contributed by atoms with Crippen LogP contribution < -0.4 is 10.5 Å². The average molecular weight is 313 g/mol. The highest BCUT2D eigenvalue weighted by atomic mass is 35.5. The van der Waals surface area contributed by atoms with Crippen LogP contribution in [0.25, 0.3) is 0 Å². The molecule has 0 saturated heterocycles. The summed E-state index contributed by atoms with van der Waals surface area (Å²) in [5.74, 6) is 0.232. The van der Waals surface area contributed by atoms with Crippen molar-refractivity contribution in [3.05, 3.63) is 62.1 Å². The highest BCUT2D eigenvalue weighted by Crippen LogP contribution is 2.29. The number of nitrogens with zero attached hydrogens (tertiary/aromatic N) is 1. The van der Waals surface area contributed by atoms with Crippen LogP contribution in [0.3, 0.4) is 0 Å². The molecule has 0 aliphatic heterocycles. The number of hydrogen-bond donors (Lipinski definition) is 1. The van der Waals surface area contributed by atoms with Crippen molar-refractivity contribution in [1.29, 1.82) is 0 Å². The fraction of sp³-hybridized carbons (Fsp3) is 0.0769. The summed E-state index contributed by atoms with van der Waals surface area (Å²) in [5.41, 5.74) is 6.61. The first-order valence-corrected chi connectivity index (χ1v) is 6.33. The largest absolute Gasteiger partial charge is 0.486 e. The molecule has 0 aliphatic rings. The highest BCUT2D eigenvalue weighted by Gasteiger charge is 2.11. The molecule has 7 heteroatoms. The summed E-state index contributed by atoms with van der Waals surface area (Å²) >= 11 is 11.9. The summed E-state index contributed by atoms with van der Waals surface area (Å²) in [6.07, 6.45) is 0. The van der Waals surface area contributed by atoms with Gasteiger partial charge in [0.1, 0.15) is 12.4 Å². The van der Waals surface area contributed by atoms with Crippen molar-refractivity contribution in [2.75, 3.05) is 5.73 Å². The third-order valence-corrected chi connectivity index (χ3v) is 3.20. The van der Waals surface area contributed by atoms with E-state index in [2.05, 4.69) is 0 Å². The quantitative estimate of drug-likeness (QED) is 0.524. The van der Waals surface area contributed by atoms with Crippen LogP contribution in [0.15, 0.2) is 36.4 Å². The molecule has 2 aromatic rings. The summed E-state index contributed by atoms with van der Waals surface area (Å²) in [4.78, 5) is 10.2. The van der Waals surface area contributed by atoms with Gasteiger partial charge in [-0.2, -0.15) is 0 Å². The van der Waals surface area contributed by atoms with E-state index in [0.29, 0.717) is 21.3 Å². The van der Waals surface area contributed by atoms with E-state index in [9.17, 15) is 10.1 Å². The molecule has 5 nitrogen and oxygen atoms in total. The maximum atomic E-state index is 10.7. The topological polar surface area (TPSA) is 78.4 Å². The predicted octanol–water partition coefficient (Wildman–Crippen LogP) is 4.06. The number of rotatable bonds is 4. The first-order valence-electron chi connectivity index (χ1n) is 5.58. The predicted molar refractivity (Wildman–Crippen MR) is 78.3 cm³/mol. The van der Waals surface area contributed by atoms with Gasteiger partial charge in [0, 0.05) is 21.7 Å². The van der Waals surface area contributed by atoms with Crippen molar-refractivity contribution in [3.8, 4) is 5.75 Å². The number of ether oxygens (including phenoxy) is 1. The third kappa shape index (κ3) is 3.31. The van der Waals surface area contributed by atoms with Crippen molar-refractivity contribution in [3.63, 3.8) is 0 Å². The van der Waals surface area contributed by atoms with Gasteiger partial charge in [-0.25, -0.2) is 0 Å². The van der Waals surface area contributed by atoms with E-state index in [4.69, 9.17) is 33.7 Å². The lowest BCUT2D eigenvalue weighted by molar-refractivity contribution is -0.384. The lowest BCUT2D eigenvalue weighted by Crippen LogP contribution is -2.00. The first-order chi connectivity index (χ1) is 9.47. The van der Waals surface area contributed by atoms with E-state index in [1.54, 1.807) is 18.2 Å². The maximum Gasteiger partial charge on any atom is 0.273 e. The van der Waals surface area contributed by atoms with Crippen molar-refractivity contribution >= 4 is 34.6 Å². The molecule has 2 N–H and O–H groups in total. The number of hydrogen-bond acceptors (Lipinski definition) is 4. The standard InChI is InChI=1S/C13H10Cl2N2O3/c14-9-1-3-11(15)8(5-9)7-20-13-6-10(17(18)19)2-4-12(13)16/h1-6H,7,16H2. The molecule has 0 atom stereocenters. The van der Waals surface area contributed by atoms with Gasteiger partial charge in [0.2, 0.25) is 0 Å². The summed E-state index contributed by atoms with van der Waals surface area (Å²) in [7, 11) is 0. The summed E-state index contributed by atoms with van der Waals surface area (Å²) in [5, 5.41) is 11.7. The normalized spacial score (nSPS) is 10.3. The van der Waals surface area contributed by atoms with Crippen LogP contribution in [0.5, 0.6) is 5.75 Å². The molecule has 0 unspecified atom stereocenters. The molecule has 0 amide bonds. The minimum Gasteiger partial charge on any atom is -0.486 e. The molecule has 20 heavy (non-hydrogen) atoms. The third-order valence-electron chi connectivity index (χ3n) is 2.60. The van der Waals surface area contributed by atoms with Crippen molar-refractivity contribution < 1.29 is 9.66 Å². The van der Waals surface area contributed by atoms with E-state index in [-0.39, 0.29) is 18.0 Å². The maximum absolute atomic E-state index is 10.7. The second-order valence-electron chi connectivity index (χ2n) is 4.00. The SMILES string of the molecule is Nc1ccc([N+](=O)[O-])cc1OCc1cc(Cl)ccc1Cl. The van der Waals surface area contributed by atoms with Gasteiger partial charge in [-0.15, -0.1) is 0 Å². The van der Waals surface area contributed by atoms with E-state index in [1.807, 2.05) is 0 Å². The van der Waals surface area contributed by atoms with Crippen LogP contribution in [0.4, 0.5) is 11.4 Å². The molecule has 0 heterocycles. The zero-order valence-corrected chi connectivity index (χ0v) is 11.7. The van der Waals surface area contributed by atoms with Gasteiger partial charge in [0.15, 0.2) is 0 Å². The number of benzene rings is 2. The number of nitrogen functional groups attached to an aromatic ring is 1. The number of nitro benzene ring substituents is 1. The van der Waals surface area contributed by atoms with Gasteiger partial charge >= 0.3 is 0 Å². The Hall–Kier alpha value is -1.98. The Morgan fingerprint density at radius 3 is 2.65 bits per heavy atom. The molecule has 0 radical (unpaired) electrons. The van der Waals surface area contributed by atoms with Crippen LogP contribution in [0, 0.1) is 10.1 Å². The summed E-state index contributed by atoms with van der Waals surface area (Å²) in [6.45, 7) is 0.116. The minimum absolute atomic E-state index is 0.0913. The molecule has 0 bridgehead atoms. The molecular weight excluding hydrogens is 303 g/mol. The number of anilines is 1. The van der Waals surface area contributed by atoms with Gasteiger partial charge < -0.3 is 10.5 Å². The minimum atomic E-state index is -0.515. The van der Waals surface area contributed by atoms with Crippen LogP contribution in [0.2, 0.25) is 10.0 Å². The van der Waals surface area contributed by atoms with Gasteiger partial charge in [0.05, 0.1) is 16.7 Å². The van der Waals surface area contributed by atoms with Crippen LogP contribution >= 0.6 is 23.2 Å². The molecule has 0 aromatic heterocycles. The first kappa shape index (κ1) is 14.4. The molecular formula is C13H10Cl2N2O3. The second kappa shape index (κ2) is 5.98. The highest BCUT2D eigenvalue weighted by molar-refractivity contribution is 6.33. The Labute approximate surface area is 125 Å². The zero-order valence-electron chi connectivity index (χ0n) is 10.2. The second-order valence-corrected chi connectivity index (χ2v) is 4.85. The molecule has 0 spiro atoms. The van der Waals surface area contributed by atoms with Gasteiger partial charge in [-0.1, -0.05) is 23.2 Å². The van der Waals surface area contributed by atoms with E-state index >= 15 is 0 Å². The van der Waals surface area contributed by atoms with Gasteiger partial charge in [-0.05, 0) is 24.3 Å². The molecule has 0 aliphatic carbocycles. The van der Waals surface area contributed by atoms with Crippen LogP contribution in [0.1, 0.15) is 5.56 Å². The van der Waals surface area contributed by atoms with E-state index < -0.39 is 4.92 Å². The van der Waals surface area contributed by atoms with Crippen LogP contribution in [-0.4, -0.2) is 4.92 Å². The Bertz CT molecular complexity index is 662. The van der Waals surface area contributed by atoms with Gasteiger partial charge in [0.25, 0.3) is 5.69 Å². The Balaban J connectivity index is 2.20. The molecule has 2 aromatic carbocycles. The van der Waals surface area contributed by atoms with Gasteiger partial charge in [-0.3, -0.25) is 10.1 Å². The van der Waals surface area contributed by atoms with Crippen molar-refractivity contribution in [2.45, 2.75) is 6.61 Å². The van der Waals surface area contributed by atoms with E-state index in [1.165, 1.54) is 18.2 Å². The smallest absolute Gasteiger partial charge is 0.273 e. The number of nitrogens with two attached hydrogens (primary N) is 1. The monoisotopic (exact) mass is 312 g/mol. The number of halogens is 2. The number of nitro groups is 1. The molecule has 0 fully saturated rings. The van der Waals surface area contributed by atoms with Crippen molar-refractivity contribution in [2.24, 2.45) is 0 Å². The lowest BCUT2D eigenvalue weighted by atomic mass is 10.2. The fourth-order valence-electron chi connectivity index (χ4n) is 1.57. The molecule has 0 saturated carbocycles. The summed E-state index contributed by atoms with van der Waals surface area (Å²) < 4.78 is 5.48. The number of non-ortho nitro benzene ring substituents is 1. The summed E-state index contributed by atoms with van der Waals surface area (Å²) in [6, 6.07) is 8.99. The lowest BCUT2D eigenvalue weighted by Gasteiger charge is -2.10. The Morgan fingerprint density at radius 2 is 1.95 bits per heavy atom. The van der Waals surface area contributed by atoms with Crippen molar-refractivity contribution in [1.82, 2.24) is 0 Å².